The molecule has 1 fully saturated rings. The van der Waals surface area contributed by atoms with Crippen LogP contribution in [0.1, 0.15) is 37.2 Å². The number of hydrogen-bond donors (Lipinski definition) is 0. The summed E-state index contributed by atoms with van der Waals surface area (Å²) in [6.07, 6.45) is 4.36. The highest BCUT2D eigenvalue weighted by molar-refractivity contribution is 5.91. The fourth-order valence-electron chi connectivity index (χ4n) is 4.22. The monoisotopic (exact) mass is 389 g/mol. The maximum absolute atomic E-state index is 12.6. The van der Waals surface area contributed by atoms with Crippen LogP contribution >= 0.6 is 0 Å². The number of para-hydroxylation sites is 2. The van der Waals surface area contributed by atoms with Gasteiger partial charge in [-0.2, -0.15) is 0 Å². The van der Waals surface area contributed by atoms with Gasteiger partial charge < -0.3 is 14.2 Å². The third-order valence-corrected chi connectivity index (χ3v) is 5.68. The maximum atomic E-state index is 12.6. The number of nitrogens with zero attached hydrogens (tertiary/aromatic N) is 3. The molecule has 0 unspecified atom stereocenters. The first-order chi connectivity index (χ1) is 14.2. The number of imidazole rings is 1. The standard InChI is InChI=1S/C24H27N3O2/c1-3-22(29-2)24(28)26-15-13-19(14-16-26)27-21-12-8-7-11-20(21)25-23(27)17-18-9-5-4-6-10-18/h3-12,19H,13-17H2,1-2H3/b22-3+. The maximum Gasteiger partial charge on any atom is 0.288 e. The third kappa shape index (κ3) is 3.90. The van der Waals surface area contributed by atoms with Crippen LogP contribution in [0.2, 0.25) is 0 Å². The molecule has 0 spiro atoms. The van der Waals surface area contributed by atoms with E-state index in [4.69, 9.17) is 9.72 Å². The second-order valence-electron chi connectivity index (χ2n) is 7.43. The summed E-state index contributed by atoms with van der Waals surface area (Å²) in [5, 5.41) is 0. The number of aromatic nitrogens is 2. The predicted molar refractivity (Wildman–Crippen MR) is 115 cm³/mol. The number of hydrogen-bond acceptors (Lipinski definition) is 3. The quantitative estimate of drug-likeness (QED) is 0.482. The summed E-state index contributed by atoms with van der Waals surface area (Å²) in [5.41, 5.74) is 3.47. The molecule has 5 heteroatoms. The molecule has 1 saturated heterocycles. The smallest absolute Gasteiger partial charge is 0.288 e. The van der Waals surface area contributed by atoms with Crippen molar-refractivity contribution in [2.75, 3.05) is 20.2 Å². The van der Waals surface area contributed by atoms with Crippen molar-refractivity contribution in [2.45, 2.75) is 32.2 Å². The fourth-order valence-corrected chi connectivity index (χ4v) is 4.22. The molecule has 0 bridgehead atoms. The second kappa shape index (κ2) is 8.52. The van der Waals surface area contributed by atoms with E-state index in [1.165, 1.54) is 11.1 Å². The number of benzene rings is 2. The first kappa shape index (κ1) is 19.2. The fraction of sp³-hybridized carbons (Fsp3) is 0.333. The minimum atomic E-state index is -0.0200. The van der Waals surface area contributed by atoms with Crippen LogP contribution in [0.3, 0.4) is 0 Å². The van der Waals surface area contributed by atoms with Crippen LogP contribution in [0.25, 0.3) is 11.0 Å². The van der Waals surface area contributed by atoms with Gasteiger partial charge in [-0.3, -0.25) is 4.79 Å². The SMILES string of the molecule is C/C=C(/OC)C(=O)N1CCC(n2c(Cc3ccccc3)nc3ccccc32)CC1. The van der Waals surface area contributed by atoms with E-state index in [1.807, 2.05) is 24.0 Å². The van der Waals surface area contributed by atoms with E-state index in [0.29, 0.717) is 11.8 Å². The van der Waals surface area contributed by atoms with Crippen LogP contribution in [0.5, 0.6) is 0 Å². The number of allylic oxidation sites excluding steroid dienone is 1. The largest absolute Gasteiger partial charge is 0.491 e. The molecule has 1 amide bonds. The third-order valence-electron chi connectivity index (χ3n) is 5.68. The second-order valence-corrected chi connectivity index (χ2v) is 7.43. The number of likely N-dealkylation sites (tertiary alicyclic amines) is 1. The Kier molecular flexibility index (Phi) is 5.65. The summed E-state index contributed by atoms with van der Waals surface area (Å²) in [6.45, 7) is 3.28. The Morgan fingerprint density at radius 3 is 2.48 bits per heavy atom. The molecule has 2 heterocycles. The average molecular weight is 389 g/mol. The Labute approximate surface area is 171 Å². The van der Waals surface area contributed by atoms with Crippen molar-refractivity contribution in [2.24, 2.45) is 0 Å². The molecule has 4 rings (SSSR count). The Hall–Kier alpha value is -3.08. The lowest BCUT2D eigenvalue weighted by Crippen LogP contribution is -2.40. The number of amides is 1. The van der Waals surface area contributed by atoms with E-state index in [9.17, 15) is 4.79 Å². The van der Waals surface area contributed by atoms with Gasteiger partial charge in [0.2, 0.25) is 0 Å². The van der Waals surface area contributed by atoms with Crippen LogP contribution in [0.15, 0.2) is 66.4 Å². The minimum Gasteiger partial charge on any atom is -0.491 e. The Bertz CT molecular complexity index is 1020. The molecule has 150 valence electrons. The Morgan fingerprint density at radius 1 is 1.10 bits per heavy atom. The van der Waals surface area contributed by atoms with Crippen LogP contribution in [-0.4, -0.2) is 40.6 Å². The predicted octanol–water partition coefficient (Wildman–Crippen LogP) is 4.34. The molecule has 1 aliphatic rings. The van der Waals surface area contributed by atoms with E-state index < -0.39 is 0 Å². The van der Waals surface area contributed by atoms with Gasteiger partial charge in [-0.25, -0.2) is 4.98 Å². The average Bonchev–Trinajstić information content (AvgIpc) is 3.13. The van der Waals surface area contributed by atoms with Crippen molar-refractivity contribution in [1.29, 1.82) is 0 Å². The van der Waals surface area contributed by atoms with E-state index >= 15 is 0 Å². The van der Waals surface area contributed by atoms with E-state index in [0.717, 1.165) is 43.7 Å². The zero-order chi connectivity index (χ0) is 20.2. The first-order valence-corrected chi connectivity index (χ1v) is 10.2. The molecule has 3 aromatic rings. The lowest BCUT2D eigenvalue weighted by Gasteiger charge is -2.33. The number of methoxy groups -OCH3 is 1. The number of fused-ring (bicyclic) bond motifs is 1. The molecule has 2 aromatic carbocycles. The molecule has 5 nitrogen and oxygen atoms in total. The van der Waals surface area contributed by atoms with Crippen molar-refractivity contribution in [3.05, 3.63) is 77.8 Å². The highest BCUT2D eigenvalue weighted by Gasteiger charge is 2.28. The van der Waals surface area contributed by atoms with Gasteiger partial charge >= 0.3 is 0 Å². The lowest BCUT2D eigenvalue weighted by molar-refractivity contribution is -0.131. The summed E-state index contributed by atoms with van der Waals surface area (Å²) in [6, 6.07) is 19.1. The van der Waals surface area contributed by atoms with Crippen LogP contribution in [0.4, 0.5) is 0 Å². The van der Waals surface area contributed by atoms with E-state index in [1.54, 1.807) is 13.2 Å². The molecule has 0 radical (unpaired) electrons. The lowest BCUT2D eigenvalue weighted by atomic mass is 10.0. The van der Waals surface area contributed by atoms with Gasteiger partial charge in [0.15, 0.2) is 5.76 Å². The first-order valence-electron chi connectivity index (χ1n) is 10.2. The van der Waals surface area contributed by atoms with Gasteiger partial charge in [0.1, 0.15) is 5.82 Å². The highest BCUT2D eigenvalue weighted by atomic mass is 16.5. The number of rotatable bonds is 5. The normalized spacial score (nSPS) is 15.7. The molecule has 0 saturated carbocycles. The van der Waals surface area contributed by atoms with E-state index in [-0.39, 0.29) is 5.91 Å². The summed E-state index contributed by atoms with van der Waals surface area (Å²) in [5.74, 6) is 1.49. The molecule has 1 aliphatic heterocycles. The van der Waals surface area contributed by atoms with Crippen molar-refractivity contribution in [3.63, 3.8) is 0 Å². The summed E-state index contributed by atoms with van der Waals surface area (Å²) < 4.78 is 7.61. The summed E-state index contributed by atoms with van der Waals surface area (Å²) >= 11 is 0. The topological polar surface area (TPSA) is 47.4 Å². The van der Waals surface area contributed by atoms with Crippen LogP contribution in [0, 0.1) is 0 Å². The van der Waals surface area contributed by atoms with Crippen LogP contribution in [-0.2, 0) is 16.0 Å². The number of carbonyl (C=O) groups is 1. The van der Waals surface area contributed by atoms with Crippen molar-refractivity contribution < 1.29 is 9.53 Å². The molecule has 0 atom stereocenters. The Morgan fingerprint density at radius 2 is 1.79 bits per heavy atom. The number of piperidine rings is 1. The summed E-state index contributed by atoms with van der Waals surface area (Å²) in [7, 11) is 1.55. The Balaban J connectivity index is 1.59. The van der Waals surface area contributed by atoms with E-state index in [2.05, 4.69) is 47.0 Å². The van der Waals surface area contributed by atoms with Gasteiger partial charge in [-0.05, 0) is 43.5 Å². The number of ether oxygens (including phenoxy) is 1. The van der Waals surface area contributed by atoms with Crippen molar-refractivity contribution in [3.8, 4) is 0 Å². The van der Waals surface area contributed by atoms with Gasteiger partial charge in [0.25, 0.3) is 5.91 Å². The van der Waals surface area contributed by atoms with Gasteiger partial charge in [-0.15, -0.1) is 0 Å². The molecule has 0 N–H and O–H groups in total. The minimum absolute atomic E-state index is 0.0200. The zero-order valence-electron chi connectivity index (χ0n) is 17.0. The van der Waals surface area contributed by atoms with Gasteiger partial charge in [0, 0.05) is 25.6 Å². The van der Waals surface area contributed by atoms with Gasteiger partial charge in [0.05, 0.1) is 18.1 Å². The number of carbonyl (C=O) groups excluding carboxylic acids is 1. The zero-order valence-corrected chi connectivity index (χ0v) is 17.0. The van der Waals surface area contributed by atoms with Crippen LogP contribution < -0.4 is 0 Å². The molecule has 29 heavy (non-hydrogen) atoms. The highest BCUT2D eigenvalue weighted by Crippen LogP contribution is 2.30. The molecular formula is C24H27N3O2. The molecule has 0 aliphatic carbocycles. The summed E-state index contributed by atoms with van der Waals surface area (Å²) in [4.78, 5) is 19.4. The molecule has 1 aromatic heterocycles. The molecular weight excluding hydrogens is 362 g/mol. The van der Waals surface area contributed by atoms with Crippen molar-refractivity contribution in [1.82, 2.24) is 14.5 Å². The van der Waals surface area contributed by atoms with Gasteiger partial charge in [-0.1, -0.05) is 42.5 Å². The van der Waals surface area contributed by atoms with Crippen molar-refractivity contribution >= 4 is 16.9 Å².